The zero-order valence-electron chi connectivity index (χ0n) is 8.21. The second kappa shape index (κ2) is 3.75. The Labute approximate surface area is 99.5 Å². The average Bonchev–Trinajstić information content (AvgIpc) is 2.16. The number of nitrogens with zero attached hydrogens (tertiary/aromatic N) is 1. The van der Waals surface area contributed by atoms with Crippen LogP contribution in [0.15, 0.2) is 33.7 Å². The highest BCUT2D eigenvalue weighted by atomic mass is 79.9. The highest BCUT2D eigenvalue weighted by Crippen LogP contribution is 2.54. The molecule has 0 amide bonds. The van der Waals surface area contributed by atoms with Crippen molar-refractivity contribution in [2.75, 3.05) is 0 Å². The number of halogens is 3. The molecule has 16 heavy (non-hydrogen) atoms. The topological polar surface area (TPSA) is 29.4 Å². The molecule has 0 saturated heterocycles. The molecule has 1 aromatic rings. The fraction of sp³-hybridized carbons (Fsp3) is 0.364. The van der Waals surface area contributed by atoms with Gasteiger partial charge in [-0.25, -0.2) is 13.6 Å². The number of isocyanates is 1. The molecule has 1 aliphatic carbocycles. The SMILES string of the molecule is O=C=NC1(c2ccc(Br)cc2)CC(F)(F)C1. The summed E-state index contributed by atoms with van der Waals surface area (Å²) in [5, 5.41) is 0. The maximum absolute atomic E-state index is 12.9. The Bertz CT molecular complexity index is 444. The molecule has 0 atom stereocenters. The third-order valence-corrected chi connectivity index (χ3v) is 3.27. The highest BCUT2D eigenvalue weighted by Gasteiger charge is 2.58. The Morgan fingerprint density at radius 1 is 1.25 bits per heavy atom. The molecule has 0 N–H and O–H groups in total. The zero-order chi connectivity index (χ0) is 11.8. The first kappa shape index (κ1) is 11.4. The predicted molar refractivity (Wildman–Crippen MR) is 58.1 cm³/mol. The lowest BCUT2D eigenvalue weighted by Crippen LogP contribution is -2.48. The lowest BCUT2D eigenvalue weighted by molar-refractivity contribution is -0.124. The maximum Gasteiger partial charge on any atom is 0.253 e. The van der Waals surface area contributed by atoms with Crippen LogP contribution in [0.2, 0.25) is 0 Å². The molecular weight excluding hydrogens is 280 g/mol. The van der Waals surface area contributed by atoms with Gasteiger partial charge in [0.15, 0.2) is 0 Å². The quantitative estimate of drug-likeness (QED) is 0.605. The van der Waals surface area contributed by atoms with Crippen LogP contribution in [0.4, 0.5) is 8.78 Å². The van der Waals surface area contributed by atoms with Crippen molar-refractivity contribution in [1.29, 1.82) is 0 Å². The van der Waals surface area contributed by atoms with Crippen molar-refractivity contribution < 1.29 is 13.6 Å². The second-order valence-corrected chi connectivity index (χ2v) is 4.87. The monoisotopic (exact) mass is 287 g/mol. The van der Waals surface area contributed by atoms with Crippen LogP contribution in [-0.2, 0) is 10.3 Å². The minimum absolute atomic E-state index is 0.420. The molecule has 0 unspecified atom stereocenters. The second-order valence-electron chi connectivity index (χ2n) is 3.95. The van der Waals surface area contributed by atoms with Crippen LogP contribution in [0.5, 0.6) is 0 Å². The standard InChI is InChI=1S/C11H8BrF2NO/c12-9-3-1-8(2-4-9)10(15-7-16)5-11(13,14)6-10/h1-4H,5-6H2. The molecule has 0 aliphatic heterocycles. The Hall–Kier alpha value is -1.06. The van der Waals surface area contributed by atoms with Gasteiger partial charge < -0.3 is 0 Å². The molecule has 2 nitrogen and oxygen atoms in total. The smallest absolute Gasteiger partial charge is 0.211 e. The van der Waals surface area contributed by atoms with Gasteiger partial charge >= 0.3 is 0 Å². The largest absolute Gasteiger partial charge is 0.253 e. The van der Waals surface area contributed by atoms with E-state index in [0.29, 0.717) is 5.56 Å². The molecule has 5 heteroatoms. The van der Waals surface area contributed by atoms with Gasteiger partial charge in [0.05, 0.1) is 0 Å². The van der Waals surface area contributed by atoms with Gasteiger partial charge in [-0.3, -0.25) is 0 Å². The van der Waals surface area contributed by atoms with Crippen molar-refractivity contribution in [3.63, 3.8) is 0 Å². The lowest BCUT2D eigenvalue weighted by Gasteiger charge is -2.43. The fourth-order valence-corrected chi connectivity index (χ4v) is 2.26. The van der Waals surface area contributed by atoms with Crippen molar-refractivity contribution in [3.8, 4) is 0 Å². The van der Waals surface area contributed by atoms with Gasteiger partial charge in [-0.05, 0) is 17.7 Å². The van der Waals surface area contributed by atoms with Gasteiger partial charge in [-0.2, -0.15) is 4.99 Å². The van der Waals surface area contributed by atoms with Gasteiger partial charge in [0, 0.05) is 17.3 Å². The van der Waals surface area contributed by atoms with E-state index in [1.807, 2.05) is 0 Å². The Kier molecular flexibility index (Phi) is 2.68. The molecule has 1 saturated carbocycles. The molecule has 1 aliphatic rings. The molecule has 0 spiro atoms. The predicted octanol–water partition coefficient (Wildman–Crippen LogP) is 3.41. The van der Waals surface area contributed by atoms with Gasteiger partial charge in [0.25, 0.3) is 5.92 Å². The van der Waals surface area contributed by atoms with E-state index < -0.39 is 24.3 Å². The highest BCUT2D eigenvalue weighted by molar-refractivity contribution is 9.10. The molecular formula is C11H8BrF2NO. The minimum Gasteiger partial charge on any atom is -0.211 e. The molecule has 0 radical (unpaired) electrons. The van der Waals surface area contributed by atoms with Crippen LogP contribution < -0.4 is 0 Å². The summed E-state index contributed by atoms with van der Waals surface area (Å²) in [6, 6.07) is 6.88. The average molecular weight is 288 g/mol. The van der Waals surface area contributed by atoms with Crippen LogP contribution in [0.1, 0.15) is 18.4 Å². The first-order chi connectivity index (χ1) is 7.47. The third-order valence-electron chi connectivity index (χ3n) is 2.74. The van der Waals surface area contributed by atoms with E-state index in [9.17, 15) is 13.6 Å². The fourth-order valence-electron chi connectivity index (χ4n) is 2.00. The number of rotatable bonds is 2. The lowest BCUT2D eigenvalue weighted by atomic mass is 9.69. The summed E-state index contributed by atoms with van der Waals surface area (Å²) in [5.74, 6) is -2.73. The van der Waals surface area contributed by atoms with E-state index in [4.69, 9.17) is 0 Å². The molecule has 84 valence electrons. The van der Waals surface area contributed by atoms with Crippen molar-refractivity contribution >= 4 is 22.0 Å². The first-order valence-corrected chi connectivity index (χ1v) is 5.50. The zero-order valence-corrected chi connectivity index (χ0v) is 9.80. The summed E-state index contributed by atoms with van der Waals surface area (Å²) in [7, 11) is 0. The number of benzene rings is 1. The van der Waals surface area contributed by atoms with Gasteiger partial charge in [-0.1, -0.05) is 28.1 Å². The van der Waals surface area contributed by atoms with Gasteiger partial charge in [0.2, 0.25) is 6.08 Å². The van der Waals surface area contributed by atoms with Crippen LogP contribution >= 0.6 is 15.9 Å². The molecule has 0 heterocycles. The van der Waals surface area contributed by atoms with E-state index in [2.05, 4.69) is 20.9 Å². The first-order valence-electron chi connectivity index (χ1n) is 4.70. The third kappa shape index (κ3) is 1.93. The minimum atomic E-state index is -2.73. The molecule has 1 fully saturated rings. The summed E-state index contributed by atoms with van der Waals surface area (Å²) in [4.78, 5) is 13.9. The van der Waals surface area contributed by atoms with E-state index in [1.54, 1.807) is 24.3 Å². The van der Waals surface area contributed by atoms with Crippen LogP contribution in [0.25, 0.3) is 0 Å². The van der Waals surface area contributed by atoms with Crippen LogP contribution in [0, 0.1) is 0 Å². The Morgan fingerprint density at radius 2 is 1.81 bits per heavy atom. The summed E-state index contributed by atoms with van der Waals surface area (Å²) < 4.78 is 26.7. The van der Waals surface area contributed by atoms with Gasteiger partial charge in [-0.15, -0.1) is 0 Å². The summed E-state index contributed by atoms with van der Waals surface area (Å²) in [6.07, 6.45) is 0.552. The van der Waals surface area contributed by atoms with Crippen molar-refractivity contribution in [2.45, 2.75) is 24.3 Å². The number of hydrogen-bond acceptors (Lipinski definition) is 2. The van der Waals surface area contributed by atoms with E-state index in [1.165, 1.54) is 6.08 Å². The number of hydrogen-bond donors (Lipinski definition) is 0. The van der Waals surface area contributed by atoms with Crippen molar-refractivity contribution in [2.24, 2.45) is 4.99 Å². The Balaban J connectivity index is 2.35. The van der Waals surface area contributed by atoms with Gasteiger partial charge in [0.1, 0.15) is 5.54 Å². The molecule has 2 rings (SSSR count). The van der Waals surface area contributed by atoms with E-state index in [-0.39, 0.29) is 0 Å². The number of aliphatic imine (C=N–C) groups is 1. The van der Waals surface area contributed by atoms with E-state index >= 15 is 0 Å². The maximum atomic E-state index is 12.9. The number of carbonyl (C=O) groups excluding carboxylic acids is 1. The molecule has 1 aromatic carbocycles. The van der Waals surface area contributed by atoms with Crippen molar-refractivity contribution in [3.05, 3.63) is 34.3 Å². The summed E-state index contributed by atoms with van der Waals surface area (Å²) in [5.41, 5.74) is -0.448. The summed E-state index contributed by atoms with van der Waals surface area (Å²) in [6.45, 7) is 0. The van der Waals surface area contributed by atoms with Crippen LogP contribution in [-0.4, -0.2) is 12.0 Å². The molecule has 0 bridgehead atoms. The van der Waals surface area contributed by atoms with Crippen LogP contribution in [0.3, 0.4) is 0 Å². The normalized spacial score (nSPS) is 20.7. The Morgan fingerprint density at radius 3 is 2.25 bits per heavy atom. The molecule has 0 aromatic heterocycles. The summed E-state index contributed by atoms with van der Waals surface area (Å²) >= 11 is 3.26. The van der Waals surface area contributed by atoms with Crippen molar-refractivity contribution in [1.82, 2.24) is 0 Å². The number of alkyl halides is 2. The van der Waals surface area contributed by atoms with E-state index in [0.717, 1.165) is 4.47 Å².